The molecule has 1 aromatic rings. The van der Waals surface area contributed by atoms with Crippen LogP contribution < -0.4 is 0 Å². The topological polar surface area (TPSA) is 40.5 Å². The van der Waals surface area contributed by atoms with Crippen molar-refractivity contribution < 1.29 is 9.90 Å². The molecule has 1 saturated carbocycles. The Balaban J connectivity index is 2.19. The van der Waals surface area contributed by atoms with Gasteiger partial charge in [-0.05, 0) is 59.8 Å². The van der Waals surface area contributed by atoms with Gasteiger partial charge in [-0.25, -0.2) is 0 Å². The van der Waals surface area contributed by atoms with Gasteiger partial charge < -0.3 is 10.0 Å². The van der Waals surface area contributed by atoms with Gasteiger partial charge >= 0.3 is 0 Å². The molecule has 0 aliphatic heterocycles. The summed E-state index contributed by atoms with van der Waals surface area (Å²) in [5.41, 5.74) is 0.650. The molecule has 1 aliphatic carbocycles. The zero-order chi connectivity index (χ0) is 13.8. The summed E-state index contributed by atoms with van der Waals surface area (Å²) in [6.07, 6.45) is 3.94. The van der Waals surface area contributed by atoms with Crippen LogP contribution in [0.25, 0.3) is 0 Å². The minimum atomic E-state index is 0.0286. The second kappa shape index (κ2) is 6.77. The van der Waals surface area contributed by atoms with Crippen molar-refractivity contribution in [3.05, 3.63) is 28.2 Å². The maximum atomic E-state index is 12.6. The number of aliphatic hydroxyl groups is 1. The SMILES string of the molecule is O=C(c1cc(S)ccc1Br)N(CCCO)C1CCC1. The van der Waals surface area contributed by atoms with Gasteiger partial charge in [0.05, 0.1) is 5.56 Å². The fourth-order valence-corrected chi connectivity index (χ4v) is 2.84. The van der Waals surface area contributed by atoms with E-state index < -0.39 is 0 Å². The van der Waals surface area contributed by atoms with E-state index in [0.29, 0.717) is 24.6 Å². The first kappa shape index (κ1) is 14.9. The Bertz CT molecular complexity index is 463. The second-order valence-corrected chi connectivity index (χ2v) is 6.20. The molecule has 0 atom stereocenters. The van der Waals surface area contributed by atoms with E-state index in [0.717, 1.165) is 22.2 Å². The molecule has 0 radical (unpaired) electrons. The number of rotatable bonds is 5. The Kier molecular flexibility index (Phi) is 5.30. The number of carbonyl (C=O) groups is 1. The van der Waals surface area contributed by atoms with Gasteiger partial charge in [0.1, 0.15) is 0 Å². The Morgan fingerprint density at radius 3 is 2.79 bits per heavy atom. The molecule has 0 bridgehead atoms. The van der Waals surface area contributed by atoms with Crippen molar-refractivity contribution in [1.82, 2.24) is 4.90 Å². The molecule has 0 spiro atoms. The number of thiol groups is 1. The quantitative estimate of drug-likeness (QED) is 0.806. The Labute approximate surface area is 127 Å². The molecule has 0 aromatic heterocycles. The molecule has 1 aromatic carbocycles. The van der Waals surface area contributed by atoms with E-state index in [1.54, 1.807) is 6.07 Å². The molecule has 1 amide bonds. The normalized spacial score (nSPS) is 15.1. The number of hydrogen-bond acceptors (Lipinski definition) is 3. The molecule has 104 valence electrons. The predicted molar refractivity (Wildman–Crippen MR) is 81.8 cm³/mol. The van der Waals surface area contributed by atoms with E-state index in [-0.39, 0.29) is 12.5 Å². The van der Waals surface area contributed by atoms with E-state index in [1.807, 2.05) is 17.0 Å². The fraction of sp³-hybridized carbons (Fsp3) is 0.500. The first-order valence-electron chi connectivity index (χ1n) is 6.54. The Morgan fingerprint density at radius 1 is 1.47 bits per heavy atom. The van der Waals surface area contributed by atoms with Gasteiger partial charge in [-0.1, -0.05) is 0 Å². The first-order chi connectivity index (χ1) is 9.13. The van der Waals surface area contributed by atoms with Gasteiger partial charge in [-0.2, -0.15) is 0 Å². The van der Waals surface area contributed by atoms with Crippen LogP contribution in [0.1, 0.15) is 36.0 Å². The third-order valence-electron chi connectivity index (χ3n) is 3.51. The van der Waals surface area contributed by atoms with Crippen LogP contribution in [0.15, 0.2) is 27.6 Å². The lowest BCUT2D eigenvalue weighted by atomic mass is 9.90. The van der Waals surface area contributed by atoms with E-state index >= 15 is 0 Å². The minimum Gasteiger partial charge on any atom is -0.396 e. The van der Waals surface area contributed by atoms with Crippen LogP contribution in [0.5, 0.6) is 0 Å². The van der Waals surface area contributed by atoms with Gasteiger partial charge in [0, 0.05) is 28.6 Å². The highest BCUT2D eigenvalue weighted by Gasteiger charge is 2.29. The van der Waals surface area contributed by atoms with Gasteiger partial charge in [0.2, 0.25) is 0 Å². The molecule has 1 N–H and O–H groups in total. The zero-order valence-corrected chi connectivity index (χ0v) is 13.2. The Morgan fingerprint density at radius 2 is 2.21 bits per heavy atom. The van der Waals surface area contributed by atoms with Crippen molar-refractivity contribution in [2.24, 2.45) is 0 Å². The molecular weight excluding hydrogens is 326 g/mol. The van der Waals surface area contributed by atoms with E-state index in [9.17, 15) is 4.79 Å². The average molecular weight is 344 g/mol. The third kappa shape index (κ3) is 3.52. The van der Waals surface area contributed by atoms with E-state index in [2.05, 4.69) is 28.6 Å². The molecule has 1 aliphatic rings. The molecular formula is C14H18BrNO2S. The fourth-order valence-electron chi connectivity index (χ4n) is 2.22. The van der Waals surface area contributed by atoms with Crippen molar-refractivity contribution >= 4 is 34.5 Å². The molecule has 1 fully saturated rings. The third-order valence-corrected chi connectivity index (χ3v) is 4.48. The summed E-state index contributed by atoms with van der Waals surface area (Å²) in [6, 6.07) is 5.82. The van der Waals surface area contributed by atoms with Crippen LogP contribution in [0.3, 0.4) is 0 Å². The van der Waals surface area contributed by atoms with Crippen LogP contribution in [0.4, 0.5) is 0 Å². The summed E-state index contributed by atoms with van der Waals surface area (Å²) in [5, 5.41) is 8.98. The number of aliphatic hydroxyl groups excluding tert-OH is 1. The summed E-state index contributed by atoms with van der Waals surface area (Å²) >= 11 is 7.72. The number of carbonyl (C=O) groups excluding carboxylic acids is 1. The molecule has 2 rings (SSSR count). The highest BCUT2D eigenvalue weighted by Crippen LogP contribution is 2.29. The summed E-state index contributed by atoms with van der Waals surface area (Å²) in [4.78, 5) is 15.3. The average Bonchev–Trinajstić information content (AvgIpc) is 2.34. The number of halogens is 1. The molecule has 19 heavy (non-hydrogen) atoms. The second-order valence-electron chi connectivity index (χ2n) is 4.82. The van der Waals surface area contributed by atoms with Gasteiger partial charge in [0.25, 0.3) is 5.91 Å². The molecule has 5 heteroatoms. The Hall–Kier alpha value is -0.520. The zero-order valence-electron chi connectivity index (χ0n) is 10.7. The molecule has 3 nitrogen and oxygen atoms in total. The van der Waals surface area contributed by atoms with E-state index in [4.69, 9.17) is 5.11 Å². The number of benzene rings is 1. The highest BCUT2D eigenvalue weighted by molar-refractivity contribution is 9.10. The number of amides is 1. The lowest BCUT2D eigenvalue weighted by Crippen LogP contribution is -2.45. The van der Waals surface area contributed by atoms with Gasteiger partial charge in [0.15, 0.2) is 0 Å². The maximum absolute atomic E-state index is 12.6. The van der Waals surface area contributed by atoms with Gasteiger partial charge in [-0.3, -0.25) is 4.79 Å². The van der Waals surface area contributed by atoms with Crippen molar-refractivity contribution in [3.63, 3.8) is 0 Å². The molecule has 0 unspecified atom stereocenters. The predicted octanol–water partition coefficient (Wildman–Crippen LogP) is 3.11. The summed E-state index contributed by atoms with van der Waals surface area (Å²) in [7, 11) is 0. The van der Waals surface area contributed by atoms with Crippen molar-refractivity contribution in [3.8, 4) is 0 Å². The van der Waals surface area contributed by atoms with Crippen molar-refractivity contribution in [2.45, 2.75) is 36.6 Å². The molecule has 0 heterocycles. The standard InChI is InChI=1S/C14H18BrNO2S/c15-13-6-5-11(19)9-12(13)14(18)16(7-2-8-17)10-3-1-4-10/h5-6,9-10,17,19H,1-4,7-8H2. The lowest BCUT2D eigenvalue weighted by molar-refractivity contribution is 0.0561. The van der Waals surface area contributed by atoms with Crippen LogP contribution in [0, 0.1) is 0 Å². The van der Waals surface area contributed by atoms with Crippen LogP contribution in [0.2, 0.25) is 0 Å². The van der Waals surface area contributed by atoms with Gasteiger partial charge in [-0.15, -0.1) is 12.6 Å². The summed E-state index contributed by atoms with van der Waals surface area (Å²) in [5.74, 6) is 0.0286. The summed E-state index contributed by atoms with van der Waals surface area (Å²) in [6.45, 7) is 0.730. The first-order valence-corrected chi connectivity index (χ1v) is 7.78. The highest BCUT2D eigenvalue weighted by atomic mass is 79.9. The smallest absolute Gasteiger partial charge is 0.255 e. The van der Waals surface area contributed by atoms with Crippen LogP contribution >= 0.6 is 28.6 Å². The van der Waals surface area contributed by atoms with Crippen molar-refractivity contribution in [2.75, 3.05) is 13.2 Å². The largest absolute Gasteiger partial charge is 0.396 e. The monoisotopic (exact) mass is 343 g/mol. The van der Waals surface area contributed by atoms with Crippen LogP contribution in [-0.4, -0.2) is 35.1 Å². The summed E-state index contributed by atoms with van der Waals surface area (Å²) < 4.78 is 0.795. The lowest BCUT2D eigenvalue weighted by Gasteiger charge is -2.37. The molecule has 0 saturated heterocycles. The van der Waals surface area contributed by atoms with Crippen molar-refractivity contribution in [1.29, 1.82) is 0 Å². The van der Waals surface area contributed by atoms with Crippen LogP contribution in [-0.2, 0) is 0 Å². The minimum absolute atomic E-state index is 0.0286. The van der Waals surface area contributed by atoms with E-state index in [1.165, 1.54) is 6.42 Å². The number of hydrogen-bond donors (Lipinski definition) is 2. The maximum Gasteiger partial charge on any atom is 0.255 e. The number of nitrogens with zero attached hydrogens (tertiary/aromatic N) is 1.